The van der Waals surface area contributed by atoms with E-state index in [1.54, 1.807) is 11.0 Å². The first-order valence-corrected chi connectivity index (χ1v) is 7.87. The molecule has 1 amide bonds. The van der Waals surface area contributed by atoms with E-state index in [1.807, 2.05) is 26.8 Å². The maximum absolute atomic E-state index is 12.3. The van der Waals surface area contributed by atoms with Gasteiger partial charge in [0.05, 0.1) is 0 Å². The molecule has 4 nitrogen and oxygen atoms in total. The van der Waals surface area contributed by atoms with E-state index >= 15 is 0 Å². The predicted octanol–water partition coefficient (Wildman–Crippen LogP) is 4.17. The third-order valence-corrected chi connectivity index (χ3v) is 4.32. The minimum absolute atomic E-state index is 0.181. The Kier molecular flexibility index (Phi) is 3.92. The Balaban J connectivity index is 1.60. The number of hydrogen-bond acceptors (Lipinski definition) is 3. The van der Waals surface area contributed by atoms with Crippen molar-refractivity contribution < 1.29 is 27.4 Å². The van der Waals surface area contributed by atoms with Crippen molar-refractivity contribution in [3.05, 3.63) is 29.8 Å². The summed E-state index contributed by atoms with van der Waals surface area (Å²) in [5.41, 5.74) is 0.294. The van der Waals surface area contributed by atoms with Gasteiger partial charge >= 0.3 is 12.5 Å². The third kappa shape index (κ3) is 3.76. The Morgan fingerprint density at radius 2 is 1.79 bits per heavy atom. The van der Waals surface area contributed by atoms with Gasteiger partial charge in [0.15, 0.2) is 0 Å². The van der Waals surface area contributed by atoms with Crippen LogP contribution in [-0.2, 0) is 4.74 Å². The molecular formula is C17H20F3NO3. The lowest BCUT2D eigenvalue weighted by Crippen LogP contribution is -2.36. The first-order valence-electron chi connectivity index (χ1n) is 7.87. The fourth-order valence-electron chi connectivity index (χ4n) is 3.42. The van der Waals surface area contributed by atoms with Crippen LogP contribution in [0.5, 0.6) is 5.75 Å². The highest BCUT2D eigenvalue weighted by atomic mass is 19.4. The number of fused-ring (bicyclic) bond motifs is 1. The Morgan fingerprint density at radius 1 is 1.17 bits per heavy atom. The molecule has 1 aromatic carbocycles. The van der Waals surface area contributed by atoms with Crippen LogP contribution in [0.25, 0.3) is 0 Å². The molecule has 3 rings (SSSR count). The molecule has 7 heteroatoms. The number of halogens is 3. The second kappa shape index (κ2) is 5.57. The highest BCUT2D eigenvalue weighted by molar-refractivity contribution is 5.69. The highest BCUT2D eigenvalue weighted by Crippen LogP contribution is 2.58. The molecular weight excluding hydrogens is 323 g/mol. The summed E-state index contributed by atoms with van der Waals surface area (Å²) in [6.07, 6.45) is -5.02. The Labute approximate surface area is 138 Å². The maximum Gasteiger partial charge on any atom is 0.573 e. The molecule has 0 N–H and O–H groups in total. The summed E-state index contributed by atoms with van der Waals surface area (Å²) in [4.78, 5) is 13.7. The predicted molar refractivity (Wildman–Crippen MR) is 80.7 cm³/mol. The standard InChI is InChI=1S/C17H20F3NO3/c1-16(2,3)24-15(22)21-8-12-13(9-21)14(12)10-5-4-6-11(7-10)23-17(18,19)20/h4-7,12-14H,8-9H2,1-3H3. The number of rotatable bonds is 2. The number of carbonyl (C=O) groups excluding carboxylic acids is 1. The Bertz CT molecular complexity index is 627. The van der Waals surface area contributed by atoms with Gasteiger partial charge in [-0.05, 0) is 56.2 Å². The van der Waals surface area contributed by atoms with Gasteiger partial charge in [0.2, 0.25) is 0 Å². The van der Waals surface area contributed by atoms with Crippen molar-refractivity contribution in [2.45, 2.75) is 38.7 Å². The van der Waals surface area contributed by atoms with Crippen molar-refractivity contribution in [2.75, 3.05) is 13.1 Å². The minimum Gasteiger partial charge on any atom is -0.444 e. The average Bonchev–Trinajstić information content (AvgIpc) is 2.89. The van der Waals surface area contributed by atoms with Crippen LogP contribution in [-0.4, -0.2) is 36.0 Å². The van der Waals surface area contributed by atoms with E-state index in [2.05, 4.69) is 4.74 Å². The minimum atomic E-state index is -4.69. The largest absolute Gasteiger partial charge is 0.573 e. The van der Waals surface area contributed by atoms with Gasteiger partial charge in [-0.3, -0.25) is 0 Å². The summed E-state index contributed by atoms with van der Waals surface area (Å²) in [6.45, 7) is 6.60. The van der Waals surface area contributed by atoms with Crippen LogP contribution in [0.3, 0.4) is 0 Å². The fraction of sp³-hybridized carbons (Fsp3) is 0.588. The van der Waals surface area contributed by atoms with Crippen molar-refractivity contribution in [1.82, 2.24) is 4.90 Å². The zero-order valence-corrected chi connectivity index (χ0v) is 13.8. The van der Waals surface area contributed by atoms with Gasteiger partial charge in [-0.15, -0.1) is 13.2 Å². The van der Waals surface area contributed by atoms with E-state index in [0.29, 0.717) is 13.1 Å². The summed E-state index contributed by atoms with van der Waals surface area (Å²) in [5.74, 6) is 0.534. The normalized spacial score (nSPS) is 26.1. The van der Waals surface area contributed by atoms with Crippen molar-refractivity contribution in [3.63, 3.8) is 0 Å². The van der Waals surface area contributed by atoms with Gasteiger partial charge in [-0.1, -0.05) is 12.1 Å². The number of likely N-dealkylation sites (tertiary alicyclic amines) is 1. The van der Waals surface area contributed by atoms with Crippen molar-refractivity contribution in [1.29, 1.82) is 0 Å². The monoisotopic (exact) mass is 343 g/mol. The second-order valence-corrected chi connectivity index (χ2v) is 7.36. The van der Waals surface area contributed by atoms with E-state index in [0.717, 1.165) is 5.56 Å². The maximum atomic E-state index is 12.3. The van der Waals surface area contributed by atoms with Crippen LogP contribution in [0, 0.1) is 11.8 Å². The number of piperidine rings is 1. The molecule has 132 valence electrons. The summed E-state index contributed by atoms with van der Waals surface area (Å²) >= 11 is 0. The zero-order valence-electron chi connectivity index (χ0n) is 13.8. The first-order chi connectivity index (χ1) is 11.0. The second-order valence-electron chi connectivity index (χ2n) is 7.36. The smallest absolute Gasteiger partial charge is 0.444 e. The number of benzene rings is 1. The van der Waals surface area contributed by atoms with Gasteiger partial charge in [0.25, 0.3) is 0 Å². The van der Waals surface area contributed by atoms with Gasteiger partial charge in [0, 0.05) is 13.1 Å². The summed E-state index contributed by atoms with van der Waals surface area (Å²) < 4.78 is 46.3. The number of alkyl halides is 3. The molecule has 1 aliphatic heterocycles. The van der Waals surface area contributed by atoms with E-state index in [4.69, 9.17) is 4.74 Å². The lowest BCUT2D eigenvalue weighted by molar-refractivity contribution is -0.274. The summed E-state index contributed by atoms with van der Waals surface area (Å²) in [5, 5.41) is 0. The lowest BCUT2D eigenvalue weighted by atomic mass is 10.1. The van der Waals surface area contributed by atoms with E-state index in [1.165, 1.54) is 12.1 Å². The van der Waals surface area contributed by atoms with Crippen LogP contribution in [0.15, 0.2) is 24.3 Å². The number of amides is 1. The highest BCUT2D eigenvalue weighted by Gasteiger charge is 2.57. The van der Waals surface area contributed by atoms with E-state index in [-0.39, 0.29) is 29.6 Å². The van der Waals surface area contributed by atoms with Crippen molar-refractivity contribution in [3.8, 4) is 5.75 Å². The quantitative estimate of drug-likeness (QED) is 0.809. The molecule has 0 spiro atoms. The molecule has 0 radical (unpaired) electrons. The lowest BCUT2D eigenvalue weighted by Gasteiger charge is -2.26. The molecule has 1 aromatic rings. The van der Waals surface area contributed by atoms with Gasteiger partial charge in [-0.2, -0.15) is 0 Å². The summed E-state index contributed by atoms with van der Waals surface area (Å²) in [6, 6.07) is 6.11. The molecule has 0 bridgehead atoms. The van der Waals surface area contributed by atoms with Crippen LogP contribution < -0.4 is 4.74 Å². The topological polar surface area (TPSA) is 38.8 Å². The molecule has 1 aliphatic carbocycles. The first kappa shape index (κ1) is 16.9. The number of hydrogen-bond donors (Lipinski definition) is 0. The Hall–Kier alpha value is -1.92. The summed E-state index contributed by atoms with van der Waals surface area (Å²) in [7, 11) is 0. The fourth-order valence-corrected chi connectivity index (χ4v) is 3.42. The van der Waals surface area contributed by atoms with Crippen LogP contribution in [0.1, 0.15) is 32.3 Å². The van der Waals surface area contributed by atoms with E-state index in [9.17, 15) is 18.0 Å². The van der Waals surface area contributed by atoms with Crippen LogP contribution in [0.2, 0.25) is 0 Å². The molecule has 1 saturated carbocycles. The molecule has 2 aliphatic rings. The number of nitrogens with zero attached hydrogens (tertiary/aromatic N) is 1. The van der Waals surface area contributed by atoms with Crippen LogP contribution >= 0.6 is 0 Å². The molecule has 2 fully saturated rings. The van der Waals surface area contributed by atoms with Gasteiger partial charge < -0.3 is 14.4 Å². The molecule has 0 aromatic heterocycles. The molecule has 2 atom stereocenters. The van der Waals surface area contributed by atoms with Gasteiger partial charge in [0.1, 0.15) is 11.4 Å². The molecule has 24 heavy (non-hydrogen) atoms. The zero-order chi connectivity index (χ0) is 17.7. The average molecular weight is 343 g/mol. The van der Waals surface area contributed by atoms with Gasteiger partial charge in [-0.25, -0.2) is 4.79 Å². The SMILES string of the molecule is CC(C)(C)OC(=O)N1CC2C(C1)C2c1cccc(OC(F)(F)F)c1. The number of carbonyl (C=O) groups is 1. The third-order valence-electron chi connectivity index (χ3n) is 4.32. The van der Waals surface area contributed by atoms with Crippen LogP contribution in [0.4, 0.5) is 18.0 Å². The van der Waals surface area contributed by atoms with E-state index < -0.39 is 12.0 Å². The van der Waals surface area contributed by atoms with Crippen molar-refractivity contribution >= 4 is 6.09 Å². The Morgan fingerprint density at radius 3 is 2.33 bits per heavy atom. The van der Waals surface area contributed by atoms with Crippen molar-refractivity contribution in [2.24, 2.45) is 11.8 Å². The molecule has 1 saturated heterocycles. The molecule has 1 heterocycles. The number of ether oxygens (including phenoxy) is 2. The molecule has 2 unspecified atom stereocenters.